The number of anilines is 1. The number of aromatic nitrogens is 1. The highest BCUT2D eigenvalue weighted by atomic mass is 35.5. The van der Waals surface area contributed by atoms with Crippen molar-refractivity contribution in [3.63, 3.8) is 0 Å². The predicted molar refractivity (Wildman–Crippen MR) is 129 cm³/mol. The third-order valence-corrected chi connectivity index (χ3v) is 5.73. The van der Waals surface area contributed by atoms with Crippen molar-refractivity contribution in [1.82, 2.24) is 9.47 Å². The first-order valence-electron chi connectivity index (χ1n) is 10.6. The summed E-state index contributed by atoms with van der Waals surface area (Å²) >= 11 is 5.91. The van der Waals surface area contributed by atoms with Gasteiger partial charge in [-0.3, -0.25) is 0 Å². The third kappa shape index (κ3) is 4.88. The second-order valence-corrected chi connectivity index (χ2v) is 8.20. The van der Waals surface area contributed by atoms with Crippen molar-refractivity contribution >= 4 is 45.1 Å². The van der Waals surface area contributed by atoms with Crippen LogP contribution in [0.1, 0.15) is 6.42 Å². The fourth-order valence-corrected chi connectivity index (χ4v) is 4.12. The summed E-state index contributed by atoms with van der Waals surface area (Å²) in [5.41, 5.74) is 2.70. The van der Waals surface area contributed by atoms with Crippen molar-refractivity contribution < 1.29 is 15.0 Å². The summed E-state index contributed by atoms with van der Waals surface area (Å²) < 4.78 is 2.09. The van der Waals surface area contributed by atoms with Gasteiger partial charge in [0, 0.05) is 45.7 Å². The summed E-state index contributed by atoms with van der Waals surface area (Å²) in [5.74, 6) is 0. The van der Waals surface area contributed by atoms with Crippen LogP contribution < -0.4 is 5.32 Å². The molecule has 0 saturated carbocycles. The number of hydrogen-bond acceptors (Lipinski definition) is 3. The van der Waals surface area contributed by atoms with Crippen LogP contribution in [0.25, 0.3) is 21.8 Å². The maximum Gasteiger partial charge on any atom is 0.321 e. The van der Waals surface area contributed by atoms with Crippen molar-refractivity contribution in [1.29, 1.82) is 0 Å². The van der Waals surface area contributed by atoms with Crippen molar-refractivity contribution in [3.8, 4) is 0 Å². The van der Waals surface area contributed by atoms with Crippen molar-refractivity contribution in [2.45, 2.75) is 19.1 Å². The number of fused-ring (bicyclic) bond motifs is 3. The number of rotatable bonds is 8. The summed E-state index contributed by atoms with van der Waals surface area (Å²) in [6.45, 7) is 0.784. The Bertz CT molecular complexity index is 1150. The van der Waals surface area contributed by atoms with Gasteiger partial charge >= 0.3 is 6.03 Å². The molecule has 0 aliphatic rings. The highest BCUT2D eigenvalue weighted by Gasteiger charge is 2.20. The van der Waals surface area contributed by atoms with Gasteiger partial charge in [-0.15, -0.1) is 0 Å². The number of nitrogens with one attached hydrogen (secondary N) is 1. The van der Waals surface area contributed by atoms with Crippen molar-refractivity contribution in [3.05, 3.63) is 77.8 Å². The first-order valence-corrected chi connectivity index (χ1v) is 11.0. The quantitative estimate of drug-likeness (QED) is 0.362. The van der Waals surface area contributed by atoms with Crippen LogP contribution in [0, 0.1) is 0 Å². The van der Waals surface area contributed by atoms with E-state index in [1.165, 1.54) is 4.90 Å². The third-order valence-electron chi connectivity index (χ3n) is 5.47. The van der Waals surface area contributed by atoms with Crippen LogP contribution in [0.5, 0.6) is 0 Å². The van der Waals surface area contributed by atoms with Crippen LogP contribution in [0.2, 0.25) is 5.02 Å². The lowest BCUT2D eigenvalue weighted by Gasteiger charge is -2.26. The van der Waals surface area contributed by atoms with Gasteiger partial charge in [-0.2, -0.15) is 0 Å². The first kappa shape index (κ1) is 22.1. The molecule has 4 rings (SSSR count). The van der Waals surface area contributed by atoms with Crippen molar-refractivity contribution in [2.24, 2.45) is 0 Å². The minimum Gasteiger partial charge on any atom is -0.396 e. The summed E-state index contributed by atoms with van der Waals surface area (Å²) in [6.07, 6.45) is -0.361. The largest absolute Gasteiger partial charge is 0.396 e. The van der Waals surface area contributed by atoms with Crippen LogP contribution in [-0.2, 0) is 6.54 Å². The second-order valence-electron chi connectivity index (χ2n) is 7.76. The Labute approximate surface area is 191 Å². The van der Waals surface area contributed by atoms with Gasteiger partial charge in [0.2, 0.25) is 0 Å². The molecule has 166 valence electrons. The number of amides is 2. The molecular weight excluding hydrogens is 426 g/mol. The number of para-hydroxylation sites is 2. The van der Waals surface area contributed by atoms with Crippen LogP contribution in [0.3, 0.4) is 0 Å². The average molecular weight is 452 g/mol. The molecule has 0 aliphatic heterocycles. The molecule has 0 fully saturated rings. The molecule has 3 aromatic carbocycles. The van der Waals surface area contributed by atoms with E-state index in [1.807, 2.05) is 36.4 Å². The van der Waals surface area contributed by atoms with Gasteiger partial charge in [-0.1, -0.05) is 48.0 Å². The van der Waals surface area contributed by atoms with Gasteiger partial charge in [0.1, 0.15) is 0 Å². The zero-order valence-corrected chi connectivity index (χ0v) is 18.4. The summed E-state index contributed by atoms with van der Waals surface area (Å²) in [4.78, 5) is 14.4. The van der Waals surface area contributed by atoms with Crippen LogP contribution in [-0.4, -0.2) is 51.5 Å². The van der Waals surface area contributed by atoms with Gasteiger partial charge in [0.25, 0.3) is 0 Å². The van der Waals surface area contributed by atoms with Crippen LogP contribution >= 0.6 is 11.6 Å². The minimum atomic E-state index is -0.788. The molecule has 6 nitrogen and oxygen atoms in total. The molecule has 0 aliphatic carbocycles. The normalized spacial score (nSPS) is 12.2. The molecule has 4 aromatic rings. The fraction of sp³-hybridized carbons (Fsp3) is 0.240. The minimum absolute atomic E-state index is 0.0340. The predicted octanol–water partition coefficient (Wildman–Crippen LogP) is 4.73. The van der Waals surface area contributed by atoms with E-state index in [2.05, 4.69) is 22.0 Å². The molecule has 32 heavy (non-hydrogen) atoms. The van der Waals surface area contributed by atoms with E-state index >= 15 is 0 Å². The number of benzene rings is 3. The lowest BCUT2D eigenvalue weighted by atomic mass is 10.2. The zero-order chi connectivity index (χ0) is 22.5. The smallest absolute Gasteiger partial charge is 0.321 e. The number of carbonyl (C=O) groups excluding carboxylic acids is 1. The number of carbonyl (C=O) groups is 1. The monoisotopic (exact) mass is 451 g/mol. The van der Waals surface area contributed by atoms with E-state index in [0.717, 1.165) is 21.8 Å². The SMILES string of the molecule is O=C(Nc1ccc(Cl)cc1)N(CCCO)C[C@@H](O)Cn1c2ccccc2c2ccccc21. The molecular formula is C25H26ClN3O3. The average Bonchev–Trinajstić information content (AvgIpc) is 3.12. The van der Waals surface area contributed by atoms with Crippen LogP contribution in [0.15, 0.2) is 72.8 Å². The van der Waals surface area contributed by atoms with E-state index < -0.39 is 6.10 Å². The van der Waals surface area contributed by atoms with Crippen molar-refractivity contribution in [2.75, 3.05) is 25.0 Å². The van der Waals surface area contributed by atoms with Crippen LogP contribution in [0.4, 0.5) is 10.5 Å². The molecule has 1 heterocycles. The van der Waals surface area contributed by atoms with E-state index in [0.29, 0.717) is 30.2 Å². The molecule has 0 saturated heterocycles. The number of aliphatic hydroxyl groups is 2. The topological polar surface area (TPSA) is 77.7 Å². The van der Waals surface area contributed by atoms with E-state index in [4.69, 9.17) is 11.6 Å². The van der Waals surface area contributed by atoms with Gasteiger partial charge in [0.15, 0.2) is 0 Å². The highest BCUT2D eigenvalue weighted by Crippen LogP contribution is 2.29. The highest BCUT2D eigenvalue weighted by molar-refractivity contribution is 6.30. The van der Waals surface area contributed by atoms with E-state index in [1.54, 1.807) is 24.3 Å². The van der Waals surface area contributed by atoms with E-state index in [9.17, 15) is 15.0 Å². The van der Waals surface area contributed by atoms with Gasteiger partial charge in [-0.05, 0) is 42.8 Å². The van der Waals surface area contributed by atoms with Gasteiger partial charge in [0.05, 0.1) is 19.2 Å². The number of halogens is 1. The number of nitrogens with zero attached hydrogens (tertiary/aromatic N) is 2. The number of hydrogen-bond donors (Lipinski definition) is 3. The molecule has 7 heteroatoms. The lowest BCUT2D eigenvalue weighted by molar-refractivity contribution is 0.109. The van der Waals surface area contributed by atoms with Gasteiger partial charge < -0.3 is 25.0 Å². The first-order chi connectivity index (χ1) is 15.6. The molecule has 0 spiro atoms. The maximum atomic E-state index is 12.8. The Morgan fingerprint density at radius 1 is 0.969 bits per heavy atom. The fourth-order valence-electron chi connectivity index (χ4n) is 4.00. The lowest BCUT2D eigenvalue weighted by Crippen LogP contribution is -2.42. The molecule has 0 radical (unpaired) electrons. The second kappa shape index (κ2) is 10.0. The Hall–Kier alpha value is -3.06. The Morgan fingerprint density at radius 3 is 2.16 bits per heavy atom. The Kier molecular flexibility index (Phi) is 6.95. The molecule has 1 atom stereocenters. The standard InChI is InChI=1S/C25H26ClN3O3/c26-18-10-12-19(13-11-18)27-25(32)28(14-5-15-30)16-20(31)17-29-23-8-3-1-6-21(23)22-7-2-4-9-24(22)29/h1-4,6-13,20,30-31H,5,14-17H2,(H,27,32)/t20-/m1/s1. The Morgan fingerprint density at radius 2 is 1.56 bits per heavy atom. The number of aliphatic hydroxyl groups excluding tert-OH is 2. The summed E-state index contributed by atoms with van der Waals surface area (Å²) in [7, 11) is 0. The molecule has 0 unspecified atom stereocenters. The number of urea groups is 1. The van der Waals surface area contributed by atoms with Gasteiger partial charge in [-0.25, -0.2) is 4.79 Å². The Balaban J connectivity index is 1.53. The summed E-state index contributed by atoms with van der Waals surface area (Å²) in [6, 6.07) is 22.7. The molecule has 2 amide bonds. The molecule has 1 aromatic heterocycles. The zero-order valence-electron chi connectivity index (χ0n) is 17.6. The molecule has 0 bridgehead atoms. The summed E-state index contributed by atoms with van der Waals surface area (Å²) in [5, 5.41) is 25.9. The van der Waals surface area contributed by atoms with E-state index in [-0.39, 0.29) is 19.2 Å². The molecule has 3 N–H and O–H groups in total. The maximum absolute atomic E-state index is 12.8.